The molecule has 2 aromatic rings. The summed E-state index contributed by atoms with van der Waals surface area (Å²) in [6.45, 7) is 2.51. The maximum absolute atomic E-state index is 11.9. The molecule has 2 aromatic heterocycles. The molecule has 5 heteroatoms. The summed E-state index contributed by atoms with van der Waals surface area (Å²) in [5.41, 5.74) is 0.647. The fourth-order valence-corrected chi connectivity index (χ4v) is 1.93. The number of nitrogens with one attached hydrogen (secondary N) is 1. The molecule has 0 amide bonds. The highest BCUT2D eigenvalue weighted by Gasteiger charge is 2.20. The van der Waals surface area contributed by atoms with Crippen LogP contribution in [0.1, 0.15) is 12.8 Å². The van der Waals surface area contributed by atoms with E-state index in [0.717, 1.165) is 19.0 Å². The molecule has 0 aliphatic heterocycles. The molecule has 0 unspecified atom stereocenters. The zero-order valence-corrected chi connectivity index (χ0v) is 9.67. The van der Waals surface area contributed by atoms with Gasteiger partial charge in [-0.2, -0.15) is 0 Å². The van der Waals surface area contributed by atoms with E-state index in [0.29, 0.717) is 12.2 Å². The van der Waals surface area contributed by atoms with Crippen LogP contribution in [0.15, 0.2) is 29.2 Å². The number of hydrogen-bond donors (Lipinski definition) is 1. The van der Waals surface area contributed by atoms with Crippen LogP contribution in [0.2, 0.25) is 0 Å². The Hall–Kier alpha value is -1.62. The first-order chi connectivity index (χ1) is 8.34. The van der Waals surface area contributed by atoms with Crippen LogP contribution >= 0.6 is 0 Å². The van der Waals surface area contributed by atoms with E-state index >= 15 is 0 Å². The third-order valence-corrected chi connectivity index (χ3v) is 3.12. The lowest BCUT2D eigenvalue weighted by atomic mass is 10.4. The lowest BCUT2D eigenvalue weighted by Gasteiger charge is -2.01. The van der Waals surface area contributed by atoms with Crippen molar-refractivity contribution in [1.82, 2.24) is 19.5 Å². The third kappa shape index (κ3) is 2.24. The Kier molecular flexibility index (Phi) is 2.68. The molecular formula is C12H16N4O. The highest BCUT2D eigenvalue weighted by molar-refractivity contribution is 5.35. The van der Waals surface area contributed by atoms with Gasteiger partial charge in [0.25, 0.3) is 0 Å². The predicted molar refractivity (Wildman–Crippen MR) is 65.0 cm³/mol. The van der Waals surface area contributed by atoms with Crippen molar-refractivity contribution >= 4 is 5.65 Å². The SMILES string of the molecule is O=c1n(CCNCC2CC2)nc2ccccn12. The zero-order chi connectivity index (χ0) is 11.7. The molecule has 1 fully saturated rings. The molecule has 0 saturated heterocycles. The second-order valence-electron chi connectivity index (χ2n) is 4.58. The van der Waals surface area contributed by atoms with Crippen LogP contribution in [0.5, 0.6) is 0 Å². The third-order valence-electron chi connectivity index (χ3n) is 3.12. The number of pyridine rings is 1. The van der Waals surface area contributed by atoms with Crippen LogP contribution in [-0.4, -0.2) is 27.3 Å². The van der Waals surface area contributed by atoms with Gasteiger partial charge in [0.1, 0.15) is 0 Å². The van der Waals surface area contributed by atoms with Gasteiger partial charge in [-0.3, -0.25) is 4.40 Å². The Labute approximate surface area is 99.1 Å². The summed E-state index contributed by atoms with van der Waals surface area (Å²) in [5.74, 6) is 0.868. The molecule has 17 heavy (non-hydrogen) atoms. The maximum atomic E-state index is 11.9. The van der Waals surface area contributed by atoms with E-state index in [1.54, 1.807) is 10.6 Å². The largest absolute Gasteiger partial charge is 0.350 e. The minimum atomic E-state index is -0.0613. The van der Waals surface area contributed by atoms with E-state index in [2.05, 4.69) is 10.4 Å². The fraction of sp³-hybridized carbons (Fsp3) is 0.500. The van der Waals surface area contributed by atoms with E-state index in [1.165, 1.54) is 17.5 Å². The molecule has 1 saturated carbocycles. The van der Waals surface area contributed by atoms with Gasteiger partial charge in [-0.05, 0) is 37.4 Å². The standard InChI is InChI=1S/C12H16N4O/c17-12-15-7-2-1-3-11(15)14-16(12)8-6-13-9-10-4-5-10/h1-3,7,10,13H,4-6,8-9H2. The van der Waals surface area contributed by atoms with Crippen molar-refractivity contribution in [2.24, 2.45) is 5.92 Å². The second-order valence-corrected chi connectivity index (χ2v) is 4.58. The van der Waals surface area contributed by atoms with Crippen LogP contribution in [-0.2, 0) is 6.54 Å². The van der Waals surface area contributed by atoms with Crippen molar-refractivity contribution in [2.75, 3.05) is 13.1 Å². The Balaban J connectivity index is 1.67. The highest BCUT2D eigenvalue weighted by atomic mass is 16.2. The topological polar surface area (TPSA) is 51.3 Å². The first kappa shape index (κ1) is 10.5. The molecule has 0 aromatic carbocycles. The molecule has 0 spiro atoms. The summed E-state index contributed by atoms with van der Waals surface area (Å²) in [6.07, 6.45) is 4.45. The summed E-state index contributed by atoms with van der Waals surface area (Å²) in [4.78, 5) is 11.9. The van der Waals surface area contributed by atoms with Gasteiger partial charge in [0.2, 0.25) is 0 Å². The van der Waals surface area contributed by atoms with Crippen molar-refractivity contribution in [1.29, 1.82) is 0 Å². The zero-order valence-electron chi connectivity index (χ0n) is 9.67. The van der Waals surface area contributed by atoms with Crippen molar-refractivity contribution in [2.45, 2.75) is 19.4 Å². The first-order valence-corrected chi connectivity index (χ1v) is 6.09. The number of aromatic nitrogens is 3. The monoisotopic (exact) mass is 232 g/mol. The summed E-state index contributed by atoms with van der Waals surface area (Å²) in [7, 11) is 0. The van der Waals surface area contributed by atoms with Crippen LogP contribution in [0.4, 0.5) is 0 Å². The van der Waals surface area contributed by atoms with Crippen molar-refractivity contribution in [3.8, 4) is 0 Å². The lowest BCUT2D eigenvalue weighted by Crippen LogP contribution is -2.28. The van der Waals surface area contributed by atoms with Gasteiger partial charge < -0.3 is 5.32 Å². The Morgan fingerprint density at radius 1 is 1.41 bits per heavy atom. The molecule has 5 nitrogen and oxygen atoms in total. The quantitative estimate of drug-likeness (QED) is 0.764. The molecular weight excluding hydrogens is 216 g/mol. The molecule has 0 radical (unpaired) electrons. The molecule has 1 aliphatic carbocycles. The molecule has 1 aliphatic rings. The molecule has 0 atom stereocenters. The van der Waals surface area contributed by atoms with Crippen LogP contribution in [0, 0.1) is 5.92 Å². The number of hydrogen-bond acceptors (Lipinski definition) is 3. The van der Waals surface area contributed by atoms with Crippen molar-refractivity contribution in [3.63, 3.8) is 0 Å². The van der Waals surface area contributed by atoms with E-state index in [-0.39, 0.29) is 5.69 Å². The Morgan fingerprint density at radius 3 is 3.06 bits per heavy atom. The van der Waals surface area contributed by atoms with Crippen molar-refractivity contribution in [3.05, 3.63) is 34.9 Å². The summed E-state index contributed by atoms with van der Waals surface area (Å²) in [6, 6.07) is 5.57. The Bertz CT molecular complexity index is 567. The smallest absolute Gasteiger partial charge is 0.315 e. The first-order valence-electron chi connectivity index (χ1n) is 6.09. The summed E-state index contributed by atoms with van der Waals surface area (Å²) < 4.78 is 3.09. The van der Waals surface area contributed by atoms with Gasteiger partial charge in [-0.25, -0.2) is 9.48 Å². The van der Waals surface area contributed by atoms with Gasteiger partial charge in [-0.1, -0.05) is 6.07 Å². The molecule has 3 rings (SSSR count). The molecule has 1 N–H and O–H groups in total. The normalized spacial score (nSPS) is 15.5. The average Bonchev–Trinajstić information content (AvgIpc) is 3.12. The lowest BCUT2D eigenvalue weighted by molar-refractivity contribution is 0.530. The maximum Gasteiger partial charge on any atom is 0.350 e. The fourth-order valence-electron chi connectivity index (χ4n) is 1.93. The minimum absolute atomic E-state index is 0.0613. The van der Waals surface area contributed by atoms with Crippen LogP contribution in [0.3, 0.4) is 0 Å². The predicted octanol–water partition coefficient (Wildman–Crippen LogP) is 0.496. The highest BCUT2D eigenvalue weighted by Crippen LogP contribution is 2.27. The summed E-state index contributed by atoms with van der Waals surface area (Å²) in [5, 5.41) is 7.63. The second kappa shape index (κ2) is 4.33. The van der Waals surface area contributed by atoms with Gasteiger partial charge in [-0.15, -0.1) is 5.10 Å². The molecule has 0 bridgehead atoms. The molecule has 2 heterocycles. The average molecular weight is 232 g/mol. The van der Waals surface area contributed by atoms with Crippen LogP contribution in [0.25, 0.3) is 5.65 Å². The van der Waals surface area contributed by atoms with E-state index in [4.69, 9.17) is 0 Å². The van der Waals surface area contributed by atoms with Gasteiger partial charge >= 0.3 is 5.69 Å². The van der Waals surface area contributed by atoms with Gasteiger partial charge in [0.15, 0.2) is 5.65 Å². The number of fused-ring (bicyclic) bond motifs is 1. The van der Waals surface area contributed by atoms with Gasteiger partial charge in [0, 0.05) is 12.7 Å². The van der Waals surface area contributed by atoms with E-state index in [1.807, 2.05) is 18.2 Å². The van der Waals surface area contributed by atoms with E-state index in [9.17, 15) is 4.79 Å². The van der Waals surface area contributed by atoms with E-state index < -0.39 is 0 Å². The van der Waals surface area contributed by atoms with Crippen molar-refractivity contribution < 1.29 is 0 Å². The number of rotatable bonds is 5. The van der Waals surface area contributed by atoms with Crippen LogP contribution < -0.4 is 11.0 Å². The van der Waals surface area contributed by atoms with Gasteiger partial charge in [0.05, 0.1) is 6.54 Å². The Morgan fingerprint density at radius 2 is 2.29 bits per heavy atom. The molecule has 90 valence electrons. The minimum Gasteiger partial charge on any atom is -0.315 e. The summed E-state index contributed by atoms with van der Waals surface area (Å²) >= 11 is 0. The number of nitrogens with zero attached hydrogens (tertiary/aromatic N) is 3.